The third-order valence-electron chi connectivity index (χ3n) is 19.5. The third-order valence-corrected chi connectivity index (χ3v) is 20.4. The lowest BCUT2D eigenvalue weighted by atomic mass is 9.85. The number of aromatic amines is 1. The minimum atomic E-state index is 0.501. The molecule has 0 radical (unpaired) electrons. The Bertz CT molecular complexity index is 4950. The molecule has 456 valence electrons. The monoisotopic (exact) mass is 1230 g/mol. The van der Waals surface area contributed by atoms with Gasteiger partial charge in [-0.2, -0.15) is 0 Å². The van der Waals surface area contributed by atoms with Crippen molar-refractivity contribution in [1.29, 1.82) is 0 Å². The largest absolute Gasteiger partial charge is 0.443 e. The number of hydrogen-bond donors (Lipinski definition) is 5. The average molecular weight is 1230 g/mol. The summed E-state index contributed by atoms with van der Waals surface area (Å²) >= 11 is 1.76. The van der Waals surface area contributed by atoms with Gasteiger partial charge in [-0.1, -0.05) is 68.2 Å². The van der Waals surface area contributed by atoms with Gasteiger partial charge >= 0.3 is 0 Å². The van der Waals surface area contributed by atoms with Gasteiger partial charge in [-0.25, -0.2) is 44.9 Å². The normalized spacial score (nSPS) is 15.7. The molecule has 0 spiro atoms. The number of nitrogens with zero attached hydrogens (tertiary/aromatic N) is 13. The van der Waals surface area contributed by atoms with Crippen LogP contribution in [-0.4, -0.2) is 67.4 Å². The van der Waals surface area contributed by atoms with Crippen molar-refractivity contribution in [2.45, 2.75) is 107 Å². The summed E-state index contributed by atoms with van der Waals surface area (Å²) in [5.74, 6) is 8.72. The number of allylic oxidation sites excluding steroid dienone is 1. The number of nitrogens with one attached hydrogen (secondary N) is 1. The van der Waals surface area contributed by atoms with E-state index >= 15 is 0 Å². The van der Waals surface area contributed by atoms with Crippen LogP contribution in [0.5, 0.6) is 0 Å². The van der Waals surface area contributed by atoms with Crippen LogP contribution in [-0.2, 0) is 6.42 Å². The minimum Gasteiger partial charge on any atom is -0.443 e. The highest BCUT2D eigenvalue weighted by Crippen LogP contribution is 2.44. The number of anilines is 4. The van der Waals surface area contributed by atoms with Crippen molar-refractivity contribution < 1.29 is 4.42 Å². The molecule has 0 unspecified atom stereocenters. The van der Waals surface area contributed by atoms with E-state index in [0.717, 1.165) is 113 Å². The predicted molar refractivity (Wildman–Crippen MR) is 365 cm³/mol. The van der Waals surface area contributed by atoms with Crippen LogP contribution < -0.4 is 22.9 Å². The molecule has 20 rings (SSSR count). The maximum absolute atomic E-state index is 6.19. The first-order chi connectivity index (χ1) is 45.2. The Morgan fingerprint density at radius 2 is 0.913 bits per heavy atom. The Hall–Kier alpha value is -10.7. The highest BCUT2D eigenvalue weighted by atomic mass is 32.1. The van der Waals surface area contributed by atoms with E-state index in [1.165, 1.54) is 110 Å². The van der Waals surface area contributed by atoms with E-state index in [0.29, 0.717) is 46.9 Å². The number of nitrogens with two attached hydrogens (primary N) is 4. The third kappa shape index (κ3) is 9.57. The molecule has 15 aromatic rings. The van der Waals surface area contributed by atoms with Crippen LogP contribution in [0, 0.1) is 0 Å². The minimum absolute atomic E-state index is 0.501. The molecule has 4 aromatic carbocycles. The van der Waals surface area contributed by atoms with E-state index < -0.39 is 0 Å². The van der Waals surface area contributed by atoms with E-state index in [1.54, 1.807) is 36.1 Å². The predicted octanol–water partition coefficient (Wildman–Crippen LogP) is 15.4. The molecular formula is C72H66N18OS. The molecule has 0 atom stereocenters. The topological polar surface area (TPSA) is 267 Å². The van der Waals surface area contributed by atoms with Crippen molar-refractivity contribution >= 4 is 94.8 Å². The molecule has 92 heavy (non-hydrogen) atoms. The van der Waals surface area contributed by atoms with E-state index in [2.05, 4.69) is 132 Å². The van der Waals surface area contributed by atoms with Crippen molar-refractivity contribution in [3.8, 4) is 45.0 Å². The summed E-state index contributed by atoms with van der Waals surface area (Å²) in [6, 6.07) is 29.5. The van der Waals surface area contributed by atoms with Gasteiger partial charge in [-0.3, -0.25) is 17.6 Å². The zero-order valence-corrected chi connectivity index (χ0v) is 51.3. The highest BCUT2D eigenvalue weighted by molar-refractivity contribution is 7.17. The number of oxazole rings is 1. The van der Waals surface area contributed by atoms with Gasteiger partial charge in [0.1, 0.15) is 96.9 Å². The summed E-state index contributed by atoms with van der Waals surface area (Å²) in [5, 5.41) is 4.57. The molecule has 20 heteroatoms. The molecule has 11 aromatic heterocycles. The van der Waals surface area contributed by atoms with Crippen LogP contribution in [0.1, 0.15) is 135 Å². The maximum Gasteiger partial charge on any atom is 0.181 e. The summed E-state index contributed by atoms with van der Waals surface area (Å²) in [6.07, 6.45) is 38.5. The number of benzene rings is 4. The van der Waals surface area contributed by atoms with Crippen molar-refractivity contribution in [1.82, 2.24) is 67.4 Å². The van der Waals surface area contributed by atoms with Gasteiger partial charge in [0.25, 0.3) is 0 Å². The molecule has 4 saturated carbocycles. The Kier molecular flexibility index (Phi) is 13.6. The lowest BCUT2D eigenvalue weighted by Crippen LogP contribution is -2.12. The molecule has 0 aliphatic heterocycles. The maximum atomic E-state index is 6.19. The Balaban J connectivity index is 0.0000000939. The van der Waals surface area contributed by atoms with Crippen LogP contribution in [0.4, 0.5) is 23.3 Å². The number of fused-ring (bicyclic) bond motifs is 8. The van der Waals surface area contributed by atoms with Gasteiger partial charge in [-0.05, 0) is 140 Å². The fraction of sp³-hybridized carbons (Fsp3) is 0.236. The van der Waals surface area contributed by atoms with Crippen LogP contribution in [0.3, 0.4) is 0 Å². The number of aromatic nitrogens is 14. The average Bonchev–Trinajstić information content (AvgIpc) is 1.64. The first-order valence-corrected chi connectivity index (χ1v) is 32.8. The second kappa shape index (κ2) is 22.6. The molecule has 11 heterocycles. The molecule has 4 fully saturated rings. The second-order valence-corrected chi connectivity index (χ2v) is 25.9. The van der Waals surface area contributed by atoms with Crippen LogP contribution in [0.2, 0.25) is 0 Å². The van der Waals surface area contributed by atoms with E-state index in [1.807, 2.05) is 49.2 Å². The number of rotatable bonds is 8. The molecule has 0 bridgehead atoms. The molecule has 0 saturated heterocycles. The van der Waals surface area contributed by atoms with Crippen molar-refractivity contribution in [2.24, 2.45) is 0 Å². The molecule has 9 N–H and O–H groups in total. The first-order valence-electron chi connectivity index (χ1n) is 31.9. The summed E-state index contributed by atoms with van der Waals surface area (Å²) in [4.78, 5) is 44.4. The van der Waals surface area contributed by atoms with Crippen molar-refractivity contribution in [3.05, 3.63) is 193 Å². The van der Waals surface area contributed by atoms with E-state index in [4.69, 9.17) is 47.3 Å². The van der Waals surface area contributed by atoms with Crippen LogP contribution >= 0.6 is 11.3 Å². The lowest BCUT2D eigenvalue weighted by Gasteiger charge is -2.23. The van der Waals surface area contributed by atoms with E-state index in [-0.39, 0.29) is 0 Å². The molecular weight excluding hydrogens is 1160 g/mol. The SMILES string of the molecule is Nc1nccn2c(C3CCC3)nc(-c3ccc4c(c3)C=CC4)c12.Nc1nccn2c(C3CCC3)nc(-c3ccc4cc[nH]c4c3)c12.Nc1nccn2c(C3CCC3)nc(-c3ccc4ocnc4c3)c12.Nc1nccn2c(C3CCC3)nc(-c3ccc4sccc4c3)c12. The zero-order valence-electron chi connectivity index (χ0n) is 50.5. The zero-order chi connectivity index (χ0) is 61.6. The number of nitrogen functional groups attached to an aromatic ring is 4. The van der Waals surface area contributed by atoms with Gasteiger partial charge < -0.3 is 32.3 Å². The molecule has 5 aliphatic rings. The lowest BCUT2D eigenvalue weighted by molar-refractivity contribution is 0.400. The highest BCUT2D eigenvalue weighted by Gasteiger charge is 2.31. The number of H-pyrrole nitrogens is 1. The fourth-order valence-electron chi connectivity index (χ4n) is 13.7. The van der Waals surface area contributed by atoms with Crippen LogP contribution in [0.25, 0.3) is 105 Å². The number of imidazole rings is 4. The van der Waals surface area contributed by atoms with Gasteiger partial charge in [0.05, 0.1) is 0 Å². The van der Waals surface area contributed by atoms with Gasteiger partial charge in [0.15, 0.2) is 12.0 Å². The molecule has 0 amide bonds. The van der Waals surface area contributed by atoms with Crippen LogP contribution in [0.15, 0.2) is 163 Å². The molecule has 5 aliphatic carbocycles. The molecule has 19 nitrogen and oxygen atoms in total. The standard InChI is InChI=1S/C19H18N4.C18H17N5.C18H16N4S.C17H15N5O/c20-18-17-16(15-8-7-12-3-1-6-14(12)11-15)22-19(13-4-2-5-13)23(17)10-9-21-18;19-17-16-15(13-5-4-11-6-7-20-14(11)10-13)22-18(12-2-1-3-12)23(16)9-8-21-17;19-17-16-15(13-4-5-14-12(10-13)6-9-23-14)21-18(11-2-1-3-11)22(16)8-7-20-17;18-16-15-14(11-4-5-13-12(8-11)20-9-23-13)21-17(10-2-1-3-10)22(15)7-6-19-16/h1,6-11,13H,2-5H2,(H2,20,21);4-10,12,20H,1-3H2,(H2,19,21);4-11H,1-3H2,(H2,19,20);4-10H,1-3H2,(H2,18,19). The smallest absolute Gasteiger partial charge is 0.181 e. The first kappa shape index (κ1) is 55.3. The number of hydrogen-bond acceptors (Lipinski definition) is 15. The quantitative estimate of drug-likeness (QED) is 0.0947. The van der Waals surface area contributed by atoms with Crippen molar-refractivity contribution in [3.63, 3.8) is 0 Å². The summed E-state index contributed by atoms with van der Waals surface area (Å²) < 4.78 is 15.1. The van der Waals surface area contributed by atoms with Gasteiger partial charge in [-0.15, -0.1) is 11.3 Å². The summed E-state index contributed by atoms with van der Waals surface area (Å²) in [5.41, 5.74) is 41.7. The summed E-state index contributed by atoms with van der Waals surface area (Å²) in [7, 11) is 0. The fourth-order valence-corrected chi connectivity index (χ4v) is 14.5. The summed E-state index contributed by atoms with van der Waals surface area (Å²) in [6.45, 7) is 0. The Labute approximate surface area is 532 Å². The van der Waals surface area contributed by atoms with E-state index in [9.17, 15) is 0 Å². The van der Waals surface area contributed by atoms with Crippen molar-refractivity contribution in [2.75, 3.05) is 22.9 Å². The van der Waals surface area contributed by atoms with Gasteiger partial charge in [0.2, 0.25) is 0 Å². The number of thiophene rings is 1. The Morgan fingerprint density at radius 3 is 1.41 bits per heavy atom. The Morgan fingerprint density at radius 1 is 0.457 bits per heavy atom. The van der Waals surface area contributed by atoms with Gasteiger partial charge in [0, 0.05) is 112 Å². The second-order valence-electron chi connectivity index (χ2n) is 24.9.